The van der Waals surface area contributed by atoms with Gasteiger partial charge >= 0.3 is 0 Å². The van der Waals surface area contributed by atoms with E-state index in [2.05, 4.69) is 19.9 Å². The molecule has 0 aromatic rings. The second kappa shape index (κ2) is 8.68. The Morgan fingerprint density at radius 1 is 0.897 bits per heavy atom. The Bertz CT molecular complexity index is 589. The number of hydrogen-bond donors (Lipinski definition) is 1. The molecule has 0 bridgehead atoms. The van der Waals surface area contributed by atoms with Crippen LogP contribution in [0.2, 0.25) is 0 Å². The van der Waals surface area contributed by atoms with Crippen LogP contribution in [-0.2, 0) is 0 Å². The summed E-state index contributed by atoms with van der Waals surface area (Å²) in [5.41, 5.74) is 2.67. The fourth-order valence-electron chi connectivity index (χ4n) is 8.45. The van der Waals surface area contributed by atoms with Crippen LogP contribution in [0, 0.1) is 40.4 Å². The van der Waals surface area contributed by atoms with Crippen LogP contribution < -0.4 is 0 Å². The summed E-state index contributed by atoms with van der Waals surface area (Å²) in [4.78, 5) is 0. The quantitative estimate of drug-likeness (QED) is 0.367. The van der Waals surface area contributed by atoms with E-state index >= 15 is 0 Å². The lowest BCUT2D eigenvalue weighted by atomic mass is 9.47. The Morgan fingerprint density at radius 2 is 1.66 bits per heavy atom. The van der Waals surface area contributed by atoms with E-state index in [9.17, 15) is 5.11 Å². The van der Waals surface area contributed by atoms with Crippen LogP contribution in [0.1, 0.15) is 118 Å². The Kier molecular flexibility index (Phi) is 6.56. The van der Waals surface area contributed by atoms with Gasteiger partial charge in [-0.15, -0.1) is 0 Å². The van der Waals surface area contributed by atoms with Crippen LogP contribution in [0.15, 0.2) is 11.6 Å². The van der Waals surface area contributed by atoms with Gasteiger partial charge in [0.15, 0.2) is 0 Å². The maximum Gasteiger partial charge on any atom is 0.0577 e. The molecule has 166 valence electrons. The molecule has 1 heteroatoms. The summed E-state index contributed by atoms with van der Waals surface area (Å²) < 4.78 is 0. The summed E-state index contributed by atoms with van der Waals surface area (Å²) >= 11 is 0. The first-order valence-corrected chi connectivity index (χ1v) is 13.4. The molecule has 5 aliphatic carbocycles. The van der Waals surface area contributed by atoms with Gasteiger partial charge in [-0.25, -0.2) is 0 Å². The standard InChI is InChI=1S/C26H42O.C2H6/c1-25-16-14-24-22(11-9-20-17-21(27)13-15-26(20,24)2)23(25)12-10-19(25)6-4-3-5-18-7-8-18;1-2/h9,18-19,21-24,27H,3-8,10-17H2,1-2H3;1-2H3/t19-,21?,22?,23?,24?,25?,26-;/m0./s1. The molecule has 0 spiro atoms. The molecular weight excluding hydrogens is 352 g/mol. The van der Waals surface area contributed by atoms with E-state index in [1.807, 2.05) is 13.8 Å². The van der Waals surface area contributed by atoms with Crippen molar-refractivity contribution in [1.82, 2.24) is 0 Å². The highest BCUT2D eigenvalue weighted by atomic mass is 16.3. The van der Waals surface area contributed by atoms with E-state index in [4.69, 9.17) is 0 Å². The number of aliphatic hydroxyl groups is 1. The second-order valence-corrected chi connectivity index (χ2v) is 11.7. The van der Waals surface area contributed by atoms with E-state index in [1.54, 1.807) is 5.57 Å². The summed E-state index contributed by atoms with van der Waals surface area (Å²) in [6.07, 6.45) is 22.1. The highest BCUT2D eigenvalue weighted by molar-refractivity contribution is 5.25. The smallest absolute Gasteiger partial charge is 0.0577 e. The number of fused-ring (bicyclic) bond motifs is 5. The lowest BCUT2D eigenvalue weighted by molar-refractivity contribution is -0.0508. The minimum atomic E-state index is -0.0683. The molecule has 1 N–H and O–H groups in total. The molecule has 4 saturated carbocycles. The van der Waals surface area contributed by atoms with Gasteiger partial charge in [0.25, 0.3) is 0 Å². The molecule has 5 aliphatic rings. The summed E-state index contributed by atoms with van der Waals surface area (Å²) in [5.74, 6) is 4.94. The number of rotatable bonds is 5. The molecule has 0 aromatic carbocycles. The van der Waals surface area contributed by atoms with Gasteiger partial charge in [0.05, 0.1) is 6.10 Å². The minimum Gasteiger partial charge on any atom is -0.393 e. The minimum absolute atomic E-state index is 0.0683. The van der Waals surface area contributed by atoms with Crippen LogP contribution in [0.4, 0.5) is 0 Å². The van der Waals surface area contributed by atoms with E-state index in [0.717, 1.165) is 42.4 Å². The fourth-order valence-corrected chi connectivity index (χ4v) is 8.45. The van der Waals surface area contributed by atoms with Crippen molar-refractivity contribution < 1.29 is 5.11 Å². The van der Waals surface area contributed by atoms with Crippen molar-refractivity contribution in [3.05, 3.63) is 11.6 Å². The Balaban J connectivity index is 0.000000994. The molecule has 0 amide bonds. The van der Waals surface area contributed by atoms with Gasteiger partial charge < -0.3 is 5.11 Å². The zero-order valence-corrected chi connectivity index (χ0v) is 19.9. The molecule has 4 fully saturated rings. The number of unbranched alkanes of at least 4 members (excludes halogenated alkanes) is 1. The third kappa shape index (κ3) is 3.99. The van der Waals surface area contributed by atoms with Crippen molar-refractivity contribution in [1.29, 1.82) is 0 Å². The SMILES string of the molecule is CC.CC12CCC3C(CC=C4CC(O)CC[C@@]43C)C1CC[C@@H]2CCCCC1CC1. The van der Waals surface area contributed by atoms with Crippen LogP contribution in [-0.4, -0.2) is 11.2 Å². The van der Waals surface area contributed by atoms with Gasteiger partial charge in [-0.1, -0.05) is 71.4 Å². The highest BCUT2D eigenvalue weighted by Gasteiger charge is 2.58. The highest BCUT2D eigenvalue weighted by Crippen LogP contribution is 2.66. The molecule has 0 saturated heterocycles. The molecule has 0 aromatic heterocycles. The summed E-state index contributed by atoms with van der Waals surface area (Å²) in [7, 11) is 0. The Hall–Kier alpha value is -0.300. The first kappa shape index (κ1) is 21.9. The molecule has 7 atom stereocenters. The fraction of sp³-hybridized carbons (Fsp3) is 0.929. The summed E-state index contributed by atoms with van der Waals surface area (Å²) in [5, 5.41) is 10.2. The van der Waals surface area contributed by atoms with E-state index in [1.165, 1.54) is 77.0 Å². The third-order valence-corrected chi connectivity index (χ3v) is 10.4. The molecule has 29 heavy (non-hydrogen) atoms. The van der Waals surface area contributed by atoms with Crippen LogP contribution in [0.5, 0.6) is 0 Å². The van der Waals surface area contributed by atoms with Crippen LogP contribution in [0.3, 0.4) is 0 Å². The van der Waals surface area contributed by atoms with Gasteiger partial charge in [0, 0.05) is 0 Å². The Labute approximate surface area is 181 Å². The molecule has 0 radical (unpaired) electrons. The van der Waals surface area contributed by atoms with Gasteiger partial charge in [-0.2, -0.15) is 0 Å². The molecule has 5 unspecified atom stereocenters. The third-order valence-electron chi connectivity index (χ3n) is 10.4. The van der Waals surface area contributed by atoms with E-state index in [0.29, 0.717) is 10.8 Å². The number of hydrogen-bond acceptors (Lipinski definition) is 1. The van der Waals surface area contributed by atoms with Crippen molar-refractivity contribution in [3.63, 3.8) is 0 Å². The maximum absolute atomic E-state index is 10.2. The lowest BCUT2D eigenvalue weighted by Gasteiger charge is -2.58. The summed E-state index contributed by atoms with van der Waals surface area (Å²) in [6, 6.07) is 0. The first-order chi connectivity index (χ1) is 14.0. The van der Waals surface area contributed by atoms with Gasteiger partial charge in [0.2, 0.25) is 0 Å². The van der Waals surface area contributed by atoms with E-state index < -0.39 is 0 Å². The average Bonchev–Trinajstić information content (AvgIpc) is 3.49. The van der Waals surface area contributed by atoms with Crippen LogP contribution in [0.25, 0.3) is 0 Å². The lowest BCUT2D eigenvalue weighted by Crippen LogP contribution is -2.50. The van der Waals surface area contributed by atoms with E-state index in [-0.39, 0.29) is 6.10 Å². The van der Waals surface area contributed by atoms with Crippen LogP contribution >= 0.6 is 0 Å². The summed E-state index contributed by atoms with van der Waals surface area (Å²) in [6.45, 7) is 9.26. The second-order valence-electron chi connectivity index (χ2n) is 11.7. The average molecular weight is 401 g/mol. The molecule has 0 aliphatic heterocycles. The van der Waals surface area contributed by atoms with Crippen molar-refractivity contribution >= 4 is 0 Å². The zero-order valence-electron chi connectivity index (χ0n) is 19.9. The molecule has 0 heterocycles. The number of aliphatic hydroxyl groups excluding tert-OH is 1. The van der Waals surface area contributed by atoms with Gasteiger partial charge in [-0.05, 0) is 98.2 Å². The van der Waals surface area contributed by atoms with Gasteiger partial charge in [0.1, 0.15) is 0 Å². The maximum atomic E-state index is 10.2. The van der Waals surface area contributed by atoms with Crippen molar-refractivity contribution in [2.24, 2.45) is 40.4 Å². The largest absolute Gasteiger partial charge is 0.393 e. The topological polar surface area (TPSA) is 20.2 Å². The van der Waals surface area contributed by atoms with Crippen molar-refractivity contribution in [3.8, 4) is 0 Å². The predicted molar refractivity (Wildman–Crippen MR) is 124 cm³/mol. The number of allylic oxidation sites excluding steroid dienone is 1. The molecule has 1 nitrogen and oxygen atoms in total. The first-order valence-electron chi connectivity index (χ1n) is 13.4. The Morgan fingerprint density at radius 3 is 2.41 bits per heavy atom. The zero-order chi connectivity index (χ0) is 20.6. The monoisotopic (exact) mass is 400 g/mol. The van der Waals surface area contributed by atoms with Crippen molar-refractivity contribution in [2.75, 3.05) is 0 Å². The molecule has 5 rings (SSSR count). The predicted octanol–water partition coefficient (Wildman–Crippen LogP) is 7.92. The van der Waals surface area contributed by atoms with Gasteiger partial charge in [-0.3, -0.25) is 0 Å². The normalized spacial score (nSPS) is 46.0. The van der Waals surface area contributed by atoms with Crippen molar-refractivity contribution in [2.45, 2.75) is 124 Å². The molecular formula is C28H48O.